The topological polar surface area (TPSA) is 24.1 Å². The minimum atomic E-state index is -2.83. The Morgan fingerprint density at radius 2 is 1.94 bits per heavy atom. The number of hydrogen-bond donors (Lipinski definition) is 2. The lowest BCUT2D eigenvalue weighted by Gasteiger charge is -2.26. The second kappa shape index (κ2) is 6.50. The van der Waals surface area contributed by atoms with Crippen LogP contribution in [-0.4, -0.2) is 25.6 Å². The number of hydrogen-bond acceptors (Lipinski definition) is 2. The molecule has 0 saturated heterocycles. The lowest BCUT2D eigenvalue weighted by molar-refractivity contribution is 0.00296. The lowest BCUT2D eigenvalue weighted by Crippen LogP contribution is -2.42. The first-order chi connectivity index (χ1) is 8.50. The highest BCUT2D eigenvalue weighted by Gasteiger charge is 2.36. The molecule has 0 amide bonds. The zero-order chi connectivity index (χ0) is 13.6. The summed E-state index contributed by atoms with van der Waals surface area (Å²) in [5.74, 6) is -2.83. The predicted octanol–water partition coefficient (Wildman–Crippen LogP) is 2.88. The van der Waals surface area contributed by atoms with Crippen LogP contribution in [0.4, 0.5) is 8.78 Å². The summed E-state index contributed by atoms with van der Waals surface area (Å²) in [6.07, 6.45) is 1.66. The van der Waals surface area contributed by atoms with E-state index in [1.54, 1.807) is 13.2 Å². The van der Waals surface area contributed by atoms with Crippen molar-refractivity contribution in [1.29, 1.82) is 0 Å². The highest BCUT2D eigenvalue weighted by Crippen LogP contribution is 2.28. The first-order valence-electron chi connectivity index (χ1n) is 6.04. The van der Waals surface area contributed by atoms with E-state index in [0.717, 1.165) is 12.5 Å². The monoisotopic (exact) mass is 254 g/mol. The molecule has 0 radical (unpaired) electrons. The smallest absolute Gasteiger partial charge is 0.264 e. The number of alkyl halides is 2. The summed E-state index contributed by atoms with van der Waals surface area (Å²) in [6, 6.07) is 8.20. The van der Waals surface area contributed by atoms with E-state index in [1.165, 1.54) is 0 Å². The Kier molecular flexibility index (Phi) is 5.28. The standard InChI is InChI=1S/C14H20F2N2/c1-4-18-10-12(11-8-6-5-7-9-11)13(17-3)14(2,15)16/h5-10,13,17-18H,4H2,1-3H3/b12-10-. The highest BCUT2D eigenvalue weighted by molar-refractivity contribution is 5.70. The Hall–Kier alpha value is -1.42. The average Bonchev–Trinajstić information content (AvgIpc) is 2.34. The molecule has 1 rings (SSSR count). The van der Waals surface area contributed by atoms with Gasteiger partial charge in [-0.15, -0.1) is 0 Å². The molecular weight excluding hydrogens is 234 g/mol. The van der Waals surface area contributed by atoms with Crippen LogP contribution in [0.25, 0.3) is 5.57 Å². The van der Waals surface area contributed by atoms with Gasteiger partial charge in [-0.05, 0) is 25.1 Å². The van der Waals surface area contributed by atoms with Crippen molar-refractivity contribution in [1.82, 2.24) is 10.6 Å². The molecule has 100 valence electrons. The van der Waals surface area contributed by atoms with E-state index < -0.39 is 12.0 Å². The molecule has 18 heavy (non-hydrogen) atoms. The molecule has 0 bridgehead atoms. The van der Waals surface area contributed by atoms with Crippen molar-refractivity contribution in [2.24, 2.45) is 0 Å². The zero-order valence-corrected chi connectivity index (χ0v) is 11.0. The summed E-state index contributed by atoms with van der Waals surface area (Å²) in [5.41, 5.74) is 1.35. The predicted molar refractivity (Wildman–Crippen MR) is 71.6 cm³/mol. The summed E-state index contributed by atoms with van der Waals surface area (Å²) in [5, 5.41) is 5.69. The third-order valence-electron chi connectivity index (χ3n) is 2.68. The second-order valence-corrected chi connectivity index (χ2v) is 4.20. The summed E-state index contributed by atoms with van der Waals surface area (Å²) < 4.78 is 27.2. The Labute approximate surface area is 107 Å². The van der Waals surface area contributed by atoms with E-state index in [2.05, 4.69) is 10.6 Å². The van der Waals surface area contributed by atoms with Crippen LogP contribution in [0, 0.1) is 0 Å². The summed E-state index contributed by atoms with van der Waals surface area (Å²) in [7, 11) is 1.55. The van der Waals surface area contributed by atoms with Crippen molar-refractivity contribution in [3.05, 3.63) is 42.1 Å². The molecule has 1 aromatic rings. The number of nitrogens with one attached hydrogen (secondary N) is 2. The minimum absolute atomic E-state index is 0.562. The fourth-order valence-electron chi connectivity index (χ4n) is 1.86. The third kappa shape index (κ3) is 3.81. The van der Waals surface area contributed by atoms with Crippen molar-refractivity contribution in [2.75, 3.05) is 13.6 Å². The lowest BCUT2D eigenvalue weighted by atomic mass is 9.95. The van der Waals surface area contributed by atoms with Gasteiger partial charge in [-0.25, -0.2) is 8.78 Å². The van der Waals surface area contributed by atoms with Crippen molar-refractivity contribution < 1.29 is 8.78 Å². The van der Waals surface area contributed by atoms with Crippen molar-refractivity contribution in [3.8, 4) is 0 Å². The van der Waals surface area contributed by atoms with Gasteiger partial charge in [0.25, 0.3) is 5.92 Å². The Bertz CT molecular complexity index is 383. The fourth-order valence-corrected chi connectivity index (χ4v) is 1.86. The number of benzene rings is 1. The van der Waals surface area contributed by atoms with Crippen LogP contribution >= 0.6 is 0 Å². The van der Waals surface area contributed by atoms with E-state index in [0.29, 0.717) is 12.1 Å². The fraction of sp³-hybridized carbons (Fsp3) is 0.429. The maximum atomic E-state index is 13.6. The summed E-state index contributed by atoms with van der Waals surface area (Å²) >= 11 is 0. The molecule has 0 aliphatic carbocycles. The number of likely N-dealkylation sites (N-methyl/N-ethyl adjacent to an activating group) is 1. The molecule has 1 aromatic carbocycles. The molecule has 1 unspecified atom stereocenters. The second-order valence-electron chi connectivity index (χ2n) is 4.20. The molecule has 1 atom stereocenters. The van der Waals surface area contributed by atoms with Crippen LogP contribution in [0.5, 0.6) is 0 Å². The van der Waals surface area contributed by atoms with E-state index in [-0.39, 0.29) is 0 Å². The summed E-state index contributed by atoms with van der Waals surface area (Å²) in [4.78, 5) is 0. The maximum absolute atomic E-state index is 13.6. The van der Waals surface area contributed by atoms with Gasteiger partial charge >= 0.3 is 0 Å². The first-order valence-corrected chi connectivity index (χ1v) is 6.04. The van der Waals surface area contributed by atoms with Gasteiger partial charge < -0.3 is 10.6 Å². The molecule has 0 aliphatic heterocycles. The molecule has 0 aliphatic rings. The van der Waals surface area contributed by atoms with E-state index in [9.17, 15) is 8.78 Å². The van der Waals surface area contributed by atoms with Gasteiger partial charge in [-0.2, -0.15) is 0 Å². The van der Waals surface area contributed by atoms with Crippen molar-refractivity contribution in [2.45, 2.75) is 25.8 Å². The minimum Gasteiger partial charge on any atom is -0.391 e. The van der Waals surface area contributed by atoms with Crippen LogP contribution in [0.2, 0.25) is 0 Å². The van der Waals surface area contributed by atoms with Gasteiger partial charge in [-0.3, -0.25) is 0 Å². The van der Waals surface area contributed by atoms with Gasteiger partial charge in [0.15, 0.2) is 0 Å². The molecule has 2 N–H and O–H groups in total. The molecule has 0 spiro atoms. The SMILES string of the molecule is CCN/C=C(/c1ccccc1)C(NC)C(C)(F)F. The first kappa shape index (κ1) is 14.6. The largest absolute Gasteiger partial charge is 0.391 e. The van der Waals surface area contributed by atoms with Crippen LogP contribution in [0.3, 0.4) is 0 Å². The average molecular weight is 254 g/mol. The van der Waals surface area contributed by atoms with Gasteiger partial charge in [0.2, 0.25) is 0 Å². The molecule has 2 nitrogen and oxygen atoms in total. The molecule has 0 heterocycles. The van der Waals surface area contributed by atoms with Crippen LogP contribution in [0.1, 0.15) is 19.4 Å². The van der Waals surface area contributed by atoms with Crippen LogP contribution in [-0.2, 0) is 0 Å². The van der Waals surface area contributed by atoms with Crippen molar-refractivity contribution in [3.63, 3.8) is 0 Å². The Morgan fingerprint density at radius 1 is 1.33 bits per heavy atom. The van der Waals surface area contributed by atoms with Crippen LogP contribution in [0.15, 0.2) is 36.5 Å². The van der Waals surface area contributed by atoms with E-state index >= 15 is 0 Å². The molecule has 0 saturated carbocycles. The van der Waals surface area contributed by atoms with E-state index in [4.69, 9.17) is 0 Å². The molecule has 0 fully saturated rings. The van der Waals surface area contributed by atoms with Gasteiger partial charge in [-0.1, -0.05) is 30.3 Å². The molecule has 4 heteroatoms. The van der Waals surface area contributed by atoms with Gasteiger partial charge in [0.1, 0.15) is 0 Å². The van der Waals surface area contributed by atoms with Crippen molar-refractivity contribution >= 4 is 5.57 Å². The number of rotatable bonds is 6. The molecular formula is C14H20F2N2. The third-order valence-corrected chi connectivity index (χ3v) is 2.68. The normalized spacial score (nSPS) is 14.4. The Balaban J connectivity index is 3.13. The van der Waals surface area contributed by atoms with Gasteiger partial charge in [0, 0.05) is 19.7 Å². The van der Waals surface area contributed by atoms with E-state index in [1.807, 2.05) is 37.3 Å². The number of halogens is 2. The summed E-state index contributed by atoms with van der Waals surface area (Å²) in [6.45, 7) is 3.55. The van der Waals surface area contributed by atoms with Crippen LogP contribution < -0.4 is 10.6 Å². The van der Waals surface area contributed by atoms with Gasteiger partial charge in [0.05, 0.1) is 6.04 Å². The maximum Gasteiger partial charge on any atom is 0.264 e. The quantitative estimate of drug-likeness (QED) is 0.815. The molecule has 0 aromatic heterocycles. The highest BCUT2D eigenvalue weighted by atomic mass is 19.3. The zero-order valence-electron chi connectivity index (χ0n) is 11.0. The Morgan fingerprint density at radius 3 is 2.39 bits per heavy atom.